The van der Waals surface area contributed by atoms with Gasteiger partial charge in [-0.05, 0) is 26.0 Å². The Labute approximate surface area is 96.2 Å². The maximum absolute atomic E-state index is 5.83. The molecule has 0 aliphatic rings. The van der Waals surface area contributed by atoms with E-state index in [9.17, 15) is 0 Å². The predicted octanol–water partition coefficient (Wildman–Crippen LogP) is 3.00. The van der Waals surface area contributed by atoms with Gasteiger partial charge in [0.15, 0.2) is 0 Å². The van der Waals surface area contributed by atoms with Gasteiger partial charge in [0, 0.05) is 22.1 Å². The van der Waals surface area contributed by atoms with Crippen LogP contribution in [0, 0.1) is 12.8 Å². The second-order valence-electron chi connectivity index (χ2n) is 4.27. The number of aryl methyl sites for hydroxylation is 1. The van der Waals surface area contributed by atoms with Crippen molar-refractivity contribution in [3.05, 3.63) is 21.9 Å². The van der Waals surface area contributed by atoms with Crippen LogP contribution in [0.5, 0.6) is 0 Å². The topological polar surface area (TPSA) is 38.4 Å². The van der Waals surface area contributed by atoms with Crippen molar-refractivity contribution >= 4 is 17.2 Å². The first kappa shape index (κ1) is 12.2. The third kappa shape index (κ3) is 4.04. The number of rotatable bonds is 4. The lowest BCUT2D eigenvalue weighted by atomic mass is 10.2. The van der Waals surface area contributed by atoms with Crippen LogP contribution in [0.1, 0.15) is 30.5 Å². The van der Waals surface area contributed by atoms with Crippen LogP contribution >= 0.6 is 11.3 Å². The third-order valence-corrected chi connectivity index (χ3v) is 3.28. The smallest absolute Gasteiger partial charge is 0.0966 e. The van der Waals surface area contributed by atoms with Gasteiger partial charge in [0.1, 0.15) is 0 Å². The summed E-state index contributed by atoms with van der Waals surface area (Å²) in [6, 6.07) is 4.62. The molecule has 1 atom stereocenters. The number of hydrogen-bond acceptors (Lipinski definition) is 2. The van der Waals surface area contributed by atoms with E-state index in [-0.39, 0.29) is 6.04 Å². The molecular formula is C12H20N2S. The number of hydrogen-bond donors (Lipinski definition) is 1. The number of nitrogens with zero attached hydrogens (tertiary/aromatic N) is 1. The molecular weight excluding hydrogens is 204 g/mol. The molecule has 1 aromatic rings. The van der Waals surface area contributed by atoms with Crippen LogP contribution in [0.3, 0.4) is 0 Å². The van der Waals surface area contributed by atoms with Crippen molar-refractivity contribution in [2.75, 3.05) is 0 Å². The van der Waals surface area contributed by atoms with Gasteiger partial charge < -0.3 is 5.73 Å². The summed E-state index contributed by atoms with van der Waals surface area (Å²) in [5, 5.41) is 0. The lowest BCUT2D eigenvalue weighted by molar-refractivity contribution is 0.728. The highest BCUT2D eigenvalue weighted by Crippen LogP contribution is 2.17. The average molecular weight is 224 g/mol. The van der Waals surface area contributed by atoms with Gasteiger partial charge in [-0.25, -0.2) is 0 Å². The molecule has 0 bridgehead atoms. The molecule has 0 fully saturated rings. The van der Waals surface area contributed by atoms with E-state index in [4.69, 9.17) is 5.73 Å². The van der Waals surface area contributed by atoms with Gasteiger partial charge in [0.2, 0.25) is 0 Å². The zero-order valence-electron chi connectivity index (χ0n) is 9.95. The van der Waals surface area contributed by atoms with Crippen LogP contribution in [0.4, 0.5) is 0 Å². The molecule has 0 spiro atoms. The van der Waals surface area contributed by atoms with Crippen LogP contribution in [0.25, 0.3) is 0 Å². The molecule has 1 aromatic heterocycles. The minimum absolute atomic E-state index is 0.283. The van der Waals surface area contributed by atoms with Gasteiger partial charge >= 0.3 is 0 Å². The molecule has 0 saturated carbocycles. The predicted molar refractivity (Wildman–Crippen MR) is 68.7 cm³/mol. The van der Waals surface area contributed by atoms with Crippen molar-refractivity contribution in [3.8, 4) is 0 Å². The van der Waals surface area contributed by atoms with E-state index < -0.39 is 0 Å². The van der Waals surface area contributed by atoms with E-state index in [1.165, 1.54) is 9.75 Å². The van der Waals surface area contributed by atoms with Gasteiger partial charge in [-0.3, -0.25) is 4.99 Å². The number of aliphatic imine (C=N–C) groups is 1. The van der Waals surface area contributed by atoms with Crippen molar-refractivity contribution in [2.24, 2.45) is 16.6 Å². The highest BCUT2D eigenvalue weighted by atomic mass is 32.1. The maximum Gasteiger partial charge on any atom is 0.0966 e. The number of nitrogens with two attached hydrogens (primary N) is 1. The SMILES string of the molecule is Cc1ccc(CC(C)N=C(N)C(C)C)s1. The van der Waals surface area contributed by atoms with Crippen molar-refractivity contribution in [3.63, 3.8) is 0 Å². The molecule has 2 N–H and O–H groups in total. The molecule has 2 nitrogen and oxygen atoms in total. The van der Waals surface area contributed by atoms with Crippen LogP contribution in [0.2, 0.25) is 0 Å². The molecule has 3 heteroatoms. The van der Waals surface area contributed by atoms with Crippen LogP contribution < -0.4 is 5.73 Å². The molecule has 0 aromatic carbocycles. The van der Waals surface area contributed by atoms with Gasteiger partial charge in [0.25, 0.3) is 0 Å². The summed E-state index contributed by atoms with van der Waals surface area (Å²) in [6.45, 7) is 8.39. The highest BCUT2D eigenvalue weighted by molar-refractivity contribution is 7.11. The molecule has 1 rings (SSSR count). The third-order valence-electron chi connectivity index (χ3n) is 2.25. The molecule has 0 amide bonds. The molecule has 0 saturated heterocycles. The largest absolute Gasteiger partial charge is 0.387 e. The van der Waals surface area contributed by atoms with Gasteiger partial charge in [0.05, 0.1) is 11.9 Å². The zero-order chi connectivity index (χ0) is 11.4. The summed E-state index contributed by atoms with van der Waals surface area (Å²) in [5.41, 5.74) is 5.83. The van der Waals surface area contributed by atoms with E-state index in [0.717, 1.165) is 12.3 Å². The van der Waals surface area contributed by atoms with E-state index in [2.05, 4.69) is 44.8 Å². The normalized spacial score (nSPS) is 14.6. The minimum Gasteiger partial charge on any atom is -0.387 e. The Balaban J connectivity index is 2.56. The van der Waals surface area contributed by atoms with E-state index in [0.29, 0.717) is 5.92 Å². The summed E-state index contributed by atoms with van der Waals surface area (Å²) < 4.78 is 0. The van der Waals surface area contributed by atoms with E-state index >= 15 is 0 Å². The van der Waals surface area contributed by atoms with Crippen LogP contribution in [0.15, 0.2) is 17.1 Å². The highest BCUT2D eigenvalue weighted by Gasteiger charge is 2.06. The first-order valence-corrected chi connectivity index (χ1v) is 6.19. The van der Waals surface area contributed by atoms with Crippen molar-refractivity contribution < 1.29 is 0 Å². The maximum atomic E-state index is 5.83. The van der Waals surface area contributed by atoms with E-state index in [1.54, 1.807) is 0 Å². The fourth-order valence-electron chi connectivity index (χ4n) is 1.34. The molecule has 1 unspecified atom stereocenters. The summed E-state index contributed by atoms with van der Waals surface area (Å²) >= 11 is 1.84. The number of thiophene rings is 1. The average Bonchev–Trinajstić information content (AvgIpc) is 2.50. The molecule has 0 aliphatic heterocycles. The molecule has 0 aliphatic carbocycles. The number of amidine groups is 1. The molecule has 1 heterocycles. The lowest BCUT2D eigenvalue weighted by Crippen LogP contribution is -2.21. The summed E-state index contributed by atoms with van der Waals surface area (Å²) in [6.07, 6.45) is 0.992. The Morgan fingerprint density at radius 1 is 1.40 bits per heavy atom. The fraction of sp³-hybridized carbons (Fsp3) is 0.583. The summed E-state index contributed by atoms with van der Waals surface area (Å²) in [5.74, 6) is 1.10. The second kappa shape index (κ2) is 5.31. The second-order valence-corrected chi connectivity index (χ2v) is 5.65. The molecule has 84 valence electrons. The quantitative estimate of drug-likeness (QED) is 0.619. The van der Waals surface area contributed by atoms with Gasteiger partial charge in [-0.15, -0.1) is 11.3 Å². The lowest BCUT2D eigenvalue weighted by Gasteiger charge is -2.09. The Morgan fingerprint density at radius 2 is 2.07 bits per heavy atom. The van der Waals surface area contributed by atoms with Gasteiger partial charge in [-0.2, -0.15) is 0 Å². The Hall–Kier alpha value is -0.830. The standard InChI is InChI=1S/C12H20N2S/c1-8(2)12(13)14-9(3)7-11-6-5-10(4)15-11/h5-6,8-9H,7H2,1-4H3,(H2,13,14). The monoisotopic (exact) mass is 224 g/mol. The first-order chi connectivity index (χ1) is 6.99. The summed E-state index contributed by atoms with van der Waals surface area (Å²) in [7, 11) is 0. The van der Waals surface area contributed by atoms with Crippen molar-refractivity contribution in [2.45, 2.75) is 40.2 Å². The van der Waals surface area contributed by atoms with Crippen LogP contribution in [-0.2, 0) is 6.42 Å². The van der Waals surface area contributed by atoms with Crippen LogP contribution in [-0.4, -0.2) is 11.9 Å². The minimum atomic E-state index is 0.283. The van der Waals surface area contributed by atoms with Crippen molar-refractivity contribution in [1.82, 2.24) is 0 Å². The first-order valence-electron chi connectivity index (χ1n) is 5.37. The Bertz CT molecular complexity index is 339. The van der Waals surface area contributed by atoms with Gasteiger partial charge in [-0.1, -0.05) is 13.8 Å². The molecule has 15 heavy (non-hydrogen) atoms. The fourth-order valence-corrected chi connectivity index (χ4v) is 2.35. The zero-order valence-corrected chi connectivity index (χ0v) is 10.8. The summed E-state index contributed by atoms with van der Waals surface area (Å²) in [4.78, 5) is 7.23. The Morgan fingerprint density at radius 3 is 2.53 bits per heavy atom. The van der Waals surface area contributed by atoms with E-state index in [1.807, 2.05) is 11.3 Å². The van der Waals surface area contributed by atoms with Crippen molar-refractivity contribution in [1.29, 1.82) is 0 Å². The Kier molecular flexibility index (Phi) is 4.33. The molecule has 0 radical (unpaired) electrons.